The molecule has 0 unspecified atom stereocenters. The number of aromatic nitrogens is 3. The van der Waals surface area contributed by atoms with Crippen LogP contribution in [0.5, 0.6) is 0 Å². The summed E-state index contributed by atoms with van der Waals surface area (Å²) in [7, 11) is 0. The van der Waals surface area contributed by atoms with E-state index in [9.17, 15) is 9.35 Å². The molecule has 2 aromatic carbocycles. The smallest absolute Gasteiger partial charge is 0.170 e. The van der Waals surface area contributed by atoms with Crippen molar-refractivity contribution in [2.24, 2.45) is 5.41 Å². The lowest BCUT2D eigenvalue weighted by atomic mass is 9.73. The van der Waals surface area contributed by atoms with Crippen LogP contribution in [-0.4, -0.2) is 43.0 Å². The highest BCUT2D eigenvalue weighted by Gasteiger charge is 2.51. The summed E-state index contributed by atoms with van der Waals surface area (Å²) in [4.78, 5) is 23.6. The maximum atomic E-state index is 15.2. The molecule has 2 aliphatic rings. The zero-order chi connectivity index (χ0) is 29.1. The van der Waals surface area contributed by atoms with E-state index in [4.69, 9.17) is 23.2 Å². The number of hydrogen-bond acceptors (Lipinski definition) is 6. The number of benzene rings is 2. The lowest BCUT2D eigenvalue weighted by molar-refractivity contribution is 0.112. The fourth-order valence-corrected chi connectivity index (χ4v) is 7.49. The third kappa shape index (κ3) is 4.81. The summed E-state index contributed by atoms with van der Waals surface area (Å²) in [5, 5.41) is 0.754. The topological polar surface area (TPSA) is 85.6 Å². The highest BCUT2D eigenvalue weighted by Crippen LogP contribution is 2.53. The van der Waals surface area contributed by atoms with Gasteiger partial charge in [-0.3, -0.25) is 9.20 Å². The third-order valence-electron chi connectivity index (χ3n) is 8.29. The van der Waals surface area contributed by atoms with E-state index >= 15 is 4.39 Å². The summed E-state index contributed by atoms with van der Waals surface area (Å²) in [6.45, 7) is 6.99. The van der Waals surface area contributed by atoms with Crippen LogP contribution in [0.25, 0.3) is 16.9 Å². The van der Waals surface area contributed by atoms with Gasteiger partial charge in [0, 0.05) is 53.4 Å². The molecule has 1 aliphatic heterocycles. The standard InChI is InChI=1S/C30H30Cl2FN5O2S/c1-29(2,3)41(40)36-26-23-18(6-4-9-21(23)33)16-30(26)10-13-37(14-11-30)28-25-22(17-39)35-27(38(25)15-12-34-28)19-7-5-8-20(31)24(19)32/h4-9,12,15,17,26,36H,10-11,13-14,16H2,1-3H3/t26-,41+/m0/s1. The first-order valence-corrected chi connectivity index (χ1v) is 15.4. The molecule has 7 nitrogen and oxygen atoms in total. The number of halogens is 3. The lowest BCUT2D eigenvalue weighted by Gasteiger charge is -2.44. The van der Waals surface area contributed by atoms with E-state index in [1.54, 1.807) is 30.6 Å². The van der Waals surface area contributed by atoms with Gasteiger partial charge in [0.25, 0.3) is 0 Å². The molecular weight excluding hydrogens is 584 g/mol. The SMILES string of the molecule is CC(C)(C)[S@@+]([O-])N[C@H]1c2c(F)cccc2CC12CCN(c1nccn3c(-c4cccc(Cl)c4Cl)nc(C=O)c13)CC2. The molecule has 4 aromatic rings. The minimum absolute atomic E-state index is 0.259. The monoisotopic (exact) mass is 613 g/mol. The Morgan fingerprint density at radius 1 is 1.17 bits per heavy atom. The number of imidazole rings is 1. The molecule has 6 rings (SSSR count). The summed E-state index contributed by atoms with van der Waals surface area (Å²) in [5.74, 6) is 0.881. The van der Waals surface area contributed by atoms with Gasteiger partial charge in [-0.25, -0.2) is 14.4 Å². The zero-order valence-electron chi connectivity index (χ0n) is 23.0. The van der Waals surface area contributed by atoms with Crippen molar-refractivity contribution in [3.05, 3.63) is 81.5 Å². The highest BCUT2D eigenvalue weighted by atomic mass is 35.5. The van der Waals surface area contributed by atoms with Gasteiger partial charge < -0.3 is 9.45 Å². The van der Waals surface area contributed by atoms with Gasteiger partial charge in [0.15, 0.2) is 12.1 Å². The quantitative estimate of drug-likeness (QED) is 0.202. The molecule has 1 spiro atoms. The molecule has 214 valence electrons. The predicted molar refractivity (Wildman–Crippen MR) is 162 cm³/mol. The highest BCUT2D eigenvalue weighted by molar-refractivity contribution is 7.90. The van der Waals surface area contributed by atoms with Crippen molar-refractivity contribution in [2.45, 2.75) is 50.8 Å². The van der Waals surface area contributed by atoms with Crippen LogP contribution in [0.3, 0.4) is 0 Å². The minimum Gasteiger partial charge on any atom is -0.598 e. The van der Waals surface area contributed by atoms with Crippen molar-refractivity contribution < 1.29 is 13.7 Å². The molecular formula is C30H30Cl2FN5O2S. The van der Waals surface area contributed by atoms with Crippen LogP contribution in [0.15, 0.2) is 48.8 Å². The Morgan fingerprint density at radius 2 is 1.90 bits per heavy atom. The van der Waals surface area contributed by atoms with Gasteiger partial charge in [-0.2, -0.15) is 0 Å². The average Bonchev–Trinajstić information content (AvgIpc) is 3.46. The van der Waals surface area contributed by atoms with Gasteiger partial charge in [0.2, 0.25) is 0 Å². The number of fused-ring (bicyclic) bond motifs is 2. The third-order valence-corrected chi connectivity index (χ3v) is 10.7. The van der Waals surface area contributed by atoms with Crippen LogP contribution in [0, 0.1) is 11.2 Å². The molecule has 1 saturated heterocycles. The van der Waals surface area contributed by atoms with Gasteiger partial charge in [0.1, 0.15) is 27.6 Å². The molecule has 41 heavy (non-hydrogen) atoms. The van der Waals surface area contributed by atoms with Crippen molar-refractivity contribution in [1.29, 1.82) is 0 Å². The first-order valence-electron chi connectivity index (χ1n) is 13.5. The van der Waals surface area contributed by atoms with E-state index in [1.807, 2.05) is 37.3 Å². The predicted octanol–water partition coefficient (Wildman–Crippen LogP) is 6.59. The van der Waals surface area contributed by atoms with Crippen LogP contribution in [0.4, 0.5) is 10.2 Å². The summed E-state index contributed by atoms with van der Waals surface area (Å²) < 4.78 is 33.1. The maximum Gasteiger partial charge on any atom is 0.170 e. The molecule has 1 aliphatic carbocycles. The fraction of sp³-hybridized carbons (Fsp3) is 0.367. The Balaban J connectivity index is 1.35. The van der Waals surface area contributed by atoms with Gasteiger partial charge in [0.05, 0.1) is 16.1 Å². The Labute approximate surface area is 251 Å². The molecule has 2 atom stereocenters. The largest absolute Gasteiger partial charge is 0.598 e. The van der Waals surface area contributed by atoms with Gasteiger partial charge in [-0.1, -0.05) is 41.4 Å². The van der Waals surface area contributed by atoms with Crippen LogP contribution in [-0.2, 0) is 17.8 Å². The van der Waals surface area contributed by atoms with Gasteiger partial charge in [-0.15, -0.1) is 4.72 Å². The van der Waals surface area contributed by atoms with Crippen LogP contribution < -0.4 is 9.62 Å². The molecule has 2 aromatic heterocycles. The van der Waals surface area contributed by atoms with Crippen molar-refractivity contribution in [3.63, 3.8) is 0 Å². The van der Waals surface area contributed by atoms with E-state index in [-0.39, 0.29) is 23.0 Å². The number of aldehydes is 1. The zero-order valence-corrected chi connectivity index (χ0v) is 25.3. The minimum atomic E-state index is -1.37. The molecule has 1 fully saturated rings. The van der Waals surface area contributed by atoms with Gasteiger partial charge in [-0.05, 0) is 63.8 Å². The first kappa shape index (κ1) is 28.4. The Kier molecular flexibility index (Phi) is 7.31. The fourth-order valence-electron chi connectivity index (χ4n) is 6.17. The number of anilines is 1. The number of carbonyl (C=O) groups excluding carboxylic acids is 1. The van der Waals surface area contributed by atoms with E-state index in [0.717, 1.165) is 24.7 Å². The second-order valence-electron chi connectivity index (χ2n) is 11.8. The van der Waals surface area contributed by atoms with E-state index in [1.165, 1.54) is 6.07 Å². The van der Waals surface area contributed by atoms with Crippen molar-refractivity contribution >= 4 is 52.2 Å². The molecule has 0 saturated carbocycles. The Hall–Kier alpha value is -2.69. The number of nitrogens with zero attached hydrogens (tertiary/aromatic N) is 4. The average molecular weight is 615 g/mol. The Bertz CT molecular complexity index is 1650. The summed E-state index contributed by atoms with van der Waals surface area (Å²) in [6.07, 6.45) is 6.32. The second-order valence-corrected chi connectivity index (χ2v) is 14.6. The molecule has 11 heteroatoms. The Morgan fingerprint density at radius 3 is 2.61 bits per heavy atom. The van der Waals surface area contributed by atoms with Gasteiger partial charge >= 0.3 is 0 Å². The summed E-state index contributed by atoms with van der Waals surface area (Å²) in [6, 6.07) is 10.1. The number of carbonyl (C=O) groups is 1. The maximum absolute atomic E-state index is 15.2. The van der Waals surface area contributed by atoms with Crippen molar-refractivity contribution in [3.8, 4) is 11.4 Å². The molecule has 1 N–H and O–H groups in total. The molecule has 3 heterocycles. The van der Waals surface area contributed by atoms with E-state index < -0.39 is 16.1 Å². The normalized spacial score (nSPS) is 19.1. The number of rotatable bonds is 5. The number of piperidine rings is 1. The summed E-state index contributed by atoms with van der Waals surface area (Å²) >= 11 is 11.4. The molecule has 0 bridgehead atoms. The summed E-state index contributed by atoms with van der Waals surface area (Å²) in [5.41, 5.74) is 2.75. The van der Waals surface area contributed by atoms with Crippen LogP contribution in [0.1, 0.15) is 61.3 Å². The van der Waals surface area contributed by atoms with E-state index in [0.29, 0.717) is 57.8 Å². The van der Waals surface area contributed by atoms with Crippen molar-refractivity contribution in [2.75, 3.05) is 18.0 Å². The van der Waals surface area contributed by atoms with E-state index in [2.05, 4.69) is 19.6 Å². The first-order chi connectivity index (χ1) is 19.5. The number of hydrogen-bond donors (Lipinski definition) is 1. The lowest BCUT2D eigenvalue weighted by Crippen LogP contribution is -2.50. The second kappa shape index (κ2) is 10.5. The van der Waals surface area contributed by atoms with Crippen LogP contribution >= 0.6 is 23.2 Å². The molecule has 0 radical (unpaired) electrons. The van der Waals surface area contributed by atoms with Crippen LogP contribution in [0.2, 0.25) is 10.0 Å². The molecule has 0 amide bonds. The number of nitrogens with one attached hydrogen (secondary N) is 1. The van der Waals surface area contributed by atoms with Crippen molar-refractivity contribution in [1.82, 2.24) is 19.1 Å².